The van der Waals surface area contributed by atoms with E-state index < -0.39 is 15.3 Å². The number of ether oxygens (including phenoxy) is 6. The molecule has 0 spiro atoms. The fourth-order valence-electron chi connectivity index (χ4n) is 5.93. The second-order valence-corrected chi connectivity index (χ2v) is 20.2. The Labute approximate surface area is 276 Å². The lowest BCUT2D eigenvalue weighted by Crippen LogP contribution is -2.79. The molecule has 0 aromatic heterocycles. The molecule has 9 heteroatoms. The summed E-state index contributed by atoms with van der Waals surface area (Å²) in [6.07, 6.45) is -0.134. The van der Waals surface area contributed by atoms with Gasteiger partial charge in [0.2, 0.25) is 7.38 Å². The molecule has 0 saturated carbocycles. The Bertz CT molecular complexity index is 1390. The van der Waals surface area contributed by atoms with E-state index in [1.807, 2.05) is 83.1 Å². The summed E-state index contributed by atoms with van der Waals surface area (Å²) in [6.45, 7) is 24.4. The van der Waals surface area contributed by atoms with Crippen molar-refractivity contribution in [3.8, 4) is 34.5 Å². The van der Waals surface area contributed by atoms with Gasteiger partial charge in [-0.3, -0.25) is 0 Å². The smallest absolute Gasteiger partial charge is 0.250 e. The van der Waals surface area contributed by atoms with Crippen LogP contribution in [-0.2, 0) is 0 Å². The average Bonchev–Trinajstić information content (AvgIpc) is 2.89. The Morgan fingerprint density at radius 1 is 0.400 bits per heavy atom. The van der Waals surface area contributed by atoms with Gasteiger partial charge in [-0.2, -0.15) is 0 Å². The molecule has 244 valence electrons. The zero-order valence-corrected chi connectivity index (χ0v) is 31.4. The minimum atomic E-state index is -3.16. The van der Waals surface area contributed by atoms with Gasteiger partial charge in [0.1, 0.15) is 0 Å². The van der Waals surface area contributed by atoms with E-state index in [9.17, 15) is 0 Å². The summed E-state index contributed by atoms with van der Waals surface area (Å²) < 4.78 is 38.3. The number of hydrogen-bond acceptors (Lipinski definition) is 6. The van der Waals surface area contributed by atoms with Crippen LogP contribution in [0.3, 0.4) is 0 Å². The van der Waals surface area contributed by atoms with Gasteiger partial charge in [0.05, 0.1) is 36.6 Å². The lowest BCUT2D eigenvalue weighted by Gasteiger charge is -2.46. The van der Waals surface area contributed by atoms with Crippen molar-refractivity contribution >= 4 is 57.9 Å². The van der Waals surface area contributed by atoms with E-state index in [1.54, 1.807) is 0 Å². The van der Waals surface area contributed by atoms with Gasteiger partial charge in [-0.05, 0) is 159 Å². The summed E-state index contributed by atoms with van der Waals surface area (Å²) in [6, 6.07) is 13.0. The van der Waals surface area contributed by atoms with E-state index in [0.717, 1.165) is 32.8 Å². The first-order chi connectivity index (χ1) is 21.1. The molecular formula is C36H48ClO6PSi. The average molecular weight is 671 g/mol. The topological polar surface area (TPSA) is 55.4 Å². The maximum atomic E-state index is 8.25. The van der Waals surface area contributed by atoms with Gasteiger partial charge in [0.15, 0.2) is 34.5 Å². The van der Waals surface area contributed by atoms with Crippen molar-refractivity contribution in [2.45, 2.75) is 120 Å². The van der Waals surface area contributed by atoms with E-state index in [1.165, 1.54) is 15.9 Å². The van der Waals surface area contributed by atoms with Crippen LogP contribution in [0.25, 0.3) is 0 Å². The Morgan fingerprint density at radius 3 is 0.800 bits per heavy atom. The predicted molar refractivity (Wildman–Crippen MR) is 190 cm³/mol. The van der Waals surface area contributed by atoms with Crippen LogP contribution in [0.5, 0.6) is 34.5 Å². The SMILES string of the molecule is CC(C)Oc1cc2c(cc1OC(C)C)[Si]1(Cl)c3cc(OC(C)C)c(OC(C)C)cc3P2c2cc(OC(C)C)c(OC(C)C)cc21. The van der Waals surface area contributed by atoms with Crippen LogP contribution in [-0.4, -0.2) is 44.0 Å². The Hall–Kier alpha value is -2.60. The molecule has 45 heavy (non-hydrogen) atoms. The minimum Gasteiger partial charge on any atom is -0.487 e. The van der Waals surface area contributed by atoms with Crippen molar-refractivity contribution in [3.05, 3.63) is 36.4 Å². The van der Waals surface area contributed by atoms with Gasteiger partial charge in [-0.15, -0.1) is 11.1 Å². The Balaban J connectivity index is 1.86. The first-order valence-electron chi connectivity index (χ1n) is 16.1. The summed E-state index contributed by atoms with van der Waals surface area (Å²) in [5, 5.41) is 6.97. The molecule has 3 aliphatic heterocycles. The van der Waals surface area contributed by atoms with Crippen molar-refractivity contribution in [1.82, 2.24) is 0 Å². The lowest BCUT2D eigenvalue weighted by molar-refractivity contribution is 0.199. The van der Waals surface area contributed by atoms with Crippen LogP contribution in [0.2, 0.25) is 0 Å². The van der Waals surface area contributed by atoms with Crippen LogP contribution in [0, 0.1) is 0 Å². The van der Waals surface area contributed by atoms with E-state index >= 15 is 0 Å². The van der Waals surface area contributed by atoms with Crippen LogP contribution >= 0.6 is 19.0 Å². The second-order valence-electron chi connectivity index (χ2n) is 13.4. The number of halogens is 1. The van der Waals surface area contributed by atoms with Gasteiger partial charge in [-0.1, -0.05) is 0 Å². The highest BCUT2D eigenvalue weighted by molar-refractivity contribution is 7.84. The first-order valence-corrected chi connectivity index (χ1v) is 20.5. The largest absolute Gasteiger partial charge is 0.487 e. The summed E-state index contributed by atoms with van der Waals surface area (Å²) >= 11 is 8.25. The lowest BCUT2D eigenvalue weighted by atomic mass is 10.2. The molecule has 6 nitrogen and oxygen atoms in total. The summed E-state index contributed by atoms with van der Waals surface area (Å²) in [7, 11) is -4.22. The molecule has 0 unspecified atom stereocenters. The molecule has 3 aromatic rings. The van der Waals surface area contributed by atoms with Crippen LogP contribution in [0.1, 0.15) is 83.1 Å². The second kappa shape index (κ2) is 12.9. The monoisotopic (exact) mass is 670 g/mol. The standard InChI is InChI=1S/C36H48ClO6PSi/c1-19(2)38-25-13-31-34(16-28(25)41-22(7)8)45(37)35-17-29(42-23(9)10)26(39-20(3)4)14-32(35)44(31)33-15-27(40-21(5)6)30(18-36(33)45)43-24(11)12/h13-24H,1-12H3. The maximum absolute atomic E-state index is 8.25. The van der Waals surface area contributed by atoms with Gasteiger partial charge < -0.3 is 28.4 Å². The normalized spacial score (nSPS) is 18.1. The fraction of sp³-hybridized carbons (Fsp3) is 0.500. The van der Waals surface area contributed by atoms with Gasteiger partial charge in [0, 0.05) is 0 Å². The minimum absolute atomic E-state index is 0.0172. The third-order valence-electron chi connectivity index (χ3n) is 7.20. The number of rotatable bonds is 12. The molecule has 0 fully saturated rings. The van der Waals surface area contributed by atoms with Crippen molar-refractivity contribution in [2.24, 2.45) is 0 Å². The van der Waals surface area contributed by atoms with E-state index in [-0.39, 0.29) is 36.6 Å². The van der Waals surface area contributed by atoms with Gasteiger partial charge in [-0.25, -0.2) is 0 Å². The number of benzene rings is 3. The Morgan fingerprint density at radius 2 is 0.600 bits per heavy atom. The van der Waals surface area contributed by atoms with Crippen molar-refractivity contribution in [3.63, 3.8) is 0 Å². The molecular weight excluding hydrogens is 623 g/mol. The molecule has 0 atom stereocenters. The molecule has 3 aliphatic rings. The van der Waals surface area contributed by atoms with E-state index in [0.29, 0.717) is 17.2 Å². The molecule has 3 aromatic carbocycles. The van der Waals surface area contributed by atoms with Gasteiger partial charge >= 0.3 is 0 Å². The molecule has 3 heterocycles. The first kappa shape index (κ1) is 33.8. The highest BCUT2D eigenvalue weighted by atomic mass is 35.6. The zero-order chi connectivity index (χ0) is 33.0. The van der Waals surface area contributed by atoms with Crippen LogP contribution < -0.4 is 59.9 Å². The fourth-order valence-corrected chi connectivity index (χ4v) is 16.0. The third kappa shape index (κ3) is 6.50. The molecule has 0 amide bonds. The summed E-state index contributed by atoms with van der Waals surface area (Å²) in [5.41, 5.74) is 0. The number of hydrogen-bond donors (Lipinski definition) is 0. The Kier molecular flexibility index (Phi) is 9.67. The zero-order valence-electron chi connectivity index (χ0n) is 28.7. The highest BCUT2D eigenvalue weighted by Crippen LogP contribution is 2.47. The highest BCUT2D eigenvalue weighted by Gasteiger charge is 2.55. The molecule has 0 radical (unpaired) electrons. The van der Waals surface area contributed by atoms with Crippen LogP contribution in [0.15, 0.2) is 36.4 Å². The summed E-state index contributed by atoms with van der Waals surface area (Å²) in [5.74, 6) is 4.36. The van der Waals surface area contributed by atoms with Gasteiger partial charge in [0.25, 0.3) is 0 Å². The maximum Gasteiger partial charge on any atom is 0.250 e. The van der Waals surface area contributed by atoms with Crippen molar-refractivity contribution in [2.75, 3.05) is 0 Å². The summed E-state index contributed by atoms with van der Waals surface area (Å²) in [4.78, 5) is 0. The van der Waals surface area contributed by atoms with E-state index in [4.69, 9.17) is 39.5 Å². The molecule has 6 rings (SSSR count). The third-order valence-corrected chi connectivity index (χ3v) is 15.7. The van der Waals surface area contributed by atoms with Crippen LogP contribution in [0.4, 0.5) is 0 Å². The predicted octanol–water partition coefficient (Wildman–Crippen LogP) is 6.00. The molecule has 0 aliphatic carbocycles. The van der Waals surface area contributed by atoms with E-state index in [2.05, 4.69) is 36.4 Å². The molecule has 0 N–H and O–H groups in total. The molecule has 2 bridgehead atoms. The van der Waals surface area contributed by atoms with Crippen molar-refractivity contribution < 1.29 is 28.4 Å². The molecule has 0 saturated heterocycles. The van der Waals surface area contributed by atoms with Crippen molar-refractivity contribution in [1.29, 1.82) is 0 Å². The quantitative estimate of drug-likeness (QED) is 0.134.